The number of carbonyl (C=O) groups is 1. The number of likely N-dealkylation sites (tertiary alicyclic amines) is 1. The van der Waals surface area contributed by atoms with Crippen molar-refractivity contribution in [3.8, 4) is 0 Å². The fraction of sp³-hybridized carbons (Fsp3) is 0.762. The lowest BCUT2D eigenvalue weighted by Gasteiger charge is -2.28. The van der Waals surface area contributed by atoms with E-state index < -0.39 is 10.0 Å². The number of nitrogens with one attached hydrogen (secondary N) is 1. The highest BCUT2D eigenvalue weighted by molar-refractivity contribution is 7.88. The Labute approximate surface area is 176 Å². The van der Waals surface area contributed by atoms with Gasteiger partial charge < -0.3 is 9.88 Å². The molecule has 3 aliphatic carbocycles. The van der Waals surface area contributed by atoms with Crippen LogP contribution in [0.25, 0.3) is 0 Å². The smallest absolute Gasteiger partial charge is 0.254 e. The van der Waals surface area contributed by atoms with Crippen molar-refractivity contribution in [1.29, 1.82) is 0 Å². The van der Waals surface area contributed by atoms with Crippen LogP contribution in [-0.2, 0) is 27.8 Å². The minimum atomic E-state index is -3.34. The number of H-pyrrole nitrogens is 1. The first kappa shape index (κ1) is 19.0. The maximum absolute atomic E-state index is 13.4. The van der Waals surface area contributed by atoms with Crippen LogP contribution in [0.5, 0.6) is 0 Å². The van der Waals surface area contributed by atoms with E-state index in [1.165, 1.54) is 29.8 Å². The summed E-state index contributed by atoms with van der Waals surface area (Å²) in [5.74, 6) is 3.64. The van der Waals surface area contributed by atoms with Gasteiger partial charge in [0.1, 0.15) is 5.82 Å². The Morgan fingerprint density at radius 3 is 2.57 bits per heavy atom. The van der Waals surface area contributed by atoms with Gasteiger partial charge in [0, 0.05) is 24.6 Å². The number of carbonyl (C=O) groups excluding carboxylic acids is 1. The Balaban J connectivity index is 1.27. The fourth-order valence-electron chi connectivity index (χ4n) is 7.04. The van der Waals surface area contributed by atoms with Gasteiger partial charge in [0.05, 0.1) is 24.5 Å². The third-order valence-corrected chi connectivity index (χ3v) is 9.65. The first-order chi connectivity index (χ1) is 14.3. The van der Waals surface area contributed by atoms with E-state index in [4.69, 9.17) is 4.98 Å². The third kappa shape index (κ3) is 2.74. The highest BCUT2D eigenvalue weighted by Gasteiger charge is 2.68. The van der Waals surface area contributed by atoms with Gasteiger partial charge in [-0.05, 0) is 62.2 Å². The molecular formula is C21H28N4O4S. The minimum Gasteiger partial charge on any atom is -0.332 e. The molecule has 162 valence electrons. The normalized spacial score (nSPS) is 37.3. The molecule has 3 heterocycles. The zero-order chi connectivity index (χ0) is 20.8. The molecule has 0 radical (unpaired) electrons. The maximum Gasteiger partial charge on any atom is 0.254 e. The fourth-order valence-corrected chi connectivity index (χ4v) is 7.82. The van der Waals surface area contributed by atoms with Crippen LogP contribution >= 0.6 is 0 Å². The number of nitrogens with zero attached hydrogens (tertiary/aromatic N) is 3. The summed E-state index contributed by atoms with van der Waals surface area (Å²) in [5, 5.41) is 0. The lowest BCUT2D eigenvalue weighted by Crippen LogP contribution is -2.40. The van der Waals surface area contributed by atoms with Crippen molar-refractivity contribution in [3.63, 3.8) is 0 Å². The second-order valence-corrected chi connectivity index (χ2v) is 11.9. The summed E-state index contributed by atoms with van der Waals surface area (Å²) in [5.41, 5.74) is 0.915. The Morgan fingerprint density at radius 2 is 1.87 bits per heavy atom. The third-order valence-electron chi connectivity index (χ3n) is 8.40. The molecule has 4 fully saturated rings. The second kappa shape index (κ2) is 6.38. The summed E-state index contributed by atoms with van der Waals surface area (Å²) < 4.78 is 25.3. The SMILES string of the molecule is CS(=O)(=O)N1CCc2c(nc(C3CCCN3C(=O)C3C4C5CCC(C5)C34)[nH]c2=O)C1. The quantitative estimate of drug-likeness (QED) is 0.769. The van der Waals surface area contributed by atoms with Crippen molar-refractivity contribution in [1.82, 2.24) is 19.2 Å². The van der Waals surface area contributed by atoms with E-state index in [2.05, 4.69) is 4.98 Å². The highest BCUT2D eigenvalue weighted by atomic mass is 32.2. The number of rotatable bonds is 3. The van der Waals surface area contributed by atoms with Crippen molar-refractivity contribution >= 4 is 15.9 Å². The largest absolute Gasteiger partial charge is 0.332 e. The molecule has 0 aromatic carbocycles. The molecule has 1 amide bonds. The van der Waals surface area contributed by atoms with Gasteiger partial charge in [-0.2, -0.15) is 4.31 Å². The number of fused-ring (bicyclic) bond motifs is 6. The number of hydrogen-bond donors (Lipinski definition) is 1. The van der Waals surface area contributed by atoms with Gasteiger partial charge in [-0.25, -0.2) is 13.4 Å². The number of amides is 1. The molecule has 8 nitrogen and oxygen atoms in total. The van der Waals surface area contributed by atoms with Gasteiger partial charge in [-0.3, -0.25) is 9.59 Å². The topological polar surface area (TPSA) is 103 Å². The van der Waals surface area contributed by atoms with Crippen LogP contribution in [-0.4, -0.2) is 52.8 Å². The summed E-state index contributed by atoms with van der Waals surface area (Å²) in [4.78, 5) is 35.7. The zero-order valence-electron chi connectivity index (χ0n) is 17.2. The van der Waals surface area contributed by atoms with E-state index >= 15 is 0 Å². The van der Waals surface area contributed by atoms with Crippen LogP contribution in [0.1, 0.15) is 55.2 Å². The van der Waals surface area contributed by atoms with E-state index in [0.29, 0.717) is 48.4 Å². The van der Waals surface area contributed by atoms with Gasteiger partial charge in [0.25, 0.3) is 5.56 Å². The first-order valence-corrected chi connectivity index (χ1v) is 13.1. The van der Waals surface area contributed by atoms with Crippen LogP contribution in [0.15, 0.2) is 4.79 Å². The standard InChI is InChI=1S/C21H28N4O4S/c1-30(28,29)24-8-6-13-14(10-24)22-19(23-20(13)26)15-3-2-7-25(15)21(27)18-16-11-4-5-12(9-11)17(16)18/h11-12,15-18H,2-10H2,1H3,(H,22,23,26). The lowest BCUT2D eigenvalue weighted by atomic mass is 10.0. The maximum atomic E-state index is 13.4. The van der Waals surface area contributed by atoms with E-state index in [1.54, 1.807) is 0 Å². The van der Waals surface area contributed by atoms with Crippen LogP contribution in [0.3, 0.4) is 0 Å². The predicted molar refractivity (Wildman–Crippen MR) is 109 cm³/mol. The van der Waals surface area contributed by atoms with Crippen molar-refractivity contribution in [2.45, 2.75) is 51.1 Å². The number of aromatic nitrogens is 2. The molecule has 9 heteroatoms. The average molecular weight is 433 g/mol. The Kier molecular flexibility index (Phi) is 4.04. The number of sulfonamides is 1. The van der Waals surface area contributed by atoms with Gasteiger partial charge >= 0.3 is 0 Å². The van der Waals surface area contributed by atoms with E-state index in [1.807, 2.05) is 4.90 Å². The molecule has 5 atom stereocenters. The van der Waals surface area contributed by atoms with E-state index in [0.717, 1.165) is 24.7 Å². The zero-order valence-corrected chi connectivity index (χ0v) is 18.0. The molecular weight excluding hydrogens is 404 g/mol. The van der Waals surface area contributed by atoms with Gasteiger partial charge in [0.15, 0.2) is 0 Å². The van der Waals surface area contributed by atoms with Gasteiger partial charge in [-0.15, -0.1) is 0 Å². The second-order valence-electron chi connectivity index (χ2n) is 9.93. The van der Waals surface area contributed by atoms with Gasteiger partial charge in [0.2, 0.25) is 15.9 Å². The highest BCUT2D eigenvalue weighted by Crippen LogP contribution is 2.70. The van der Waals surface area contributed by atoms with Crippen LogP contribution in [0.2, 0.25) is 0 Å². The minimum absolute atomic E-state index is 0.127. The predicted octanol–water partition coefficient (Wildman–Crippen LogP) is 1.04. The average Bonchev–Trinajstić information content (AvgIpc) is 3.07. The van der Waals surface area contributed by atoms with Crippen molar-refractivity contribution in [2.75, 3.05) is 19.3 Å². The monoisotopic (exact) mass is 432 g/mol. The Hall–Kier alpha value is -1.74. The Morgan fingerprint density at radius 1 is 1.13 bits per heavy atom. The molecule has 1 aromatic rings. The molecule has 2 bridgehead atoms. The Bertz CT molecular complexity index is 1070. The van der Waals surface area contributed by atoms with Gasteiger partial charge in [-0.1, -0.05) is 0 Å². The van der Waals surface area contributed by atoms with Crippen molar-refractivity contribution in [2.24, 2.45) is 29.6 Å². The van der Waals surface area contributed by atoms with Crippen molar-refractivity contribution < 1.29 is 13.2 Å². The summed E-state index contributed by atoms with van der Waals surface area (Å²) in [6, 6.07) is -0.205. The molecule has 1 N–H and O–H groups in total. The van der Waals surface area contributed by atoms with Crippen molar-refractivity contribution in [3.05, 3.63) is 27.4 Å². The summed E-state index contributed by atoms with van der Waals surface area (Å²) >= 11 is 0. The molecule has 5 unspecified atom stereocenters. The van der Waals surface area contributed by atoms with Crippen LogP contribution < -0.4 is 5.56 Å². The molecule has 5 aliphatic rings. The molecule has 3 saturated carbocycles. The van der Waals surface area contributed by atoms with Crippen LogP contribution in [0.4, 0.5) is 0 Å². The number of aromatic amines is 1. The molecule has 1 saturated heterocycles. The van der Waals surface area contributed by atoms with Crippen LogP contribution in [0, 0.1) is 29.6 Å². The molecule has 6 rings (SSSR count). The summed E-state index contributed by atoms with van der Waals surface area (Å²) in [7, 11) is -3.34. The van der Waals surface area contributed by atoms with E-state index in [9.17, 15) is 18.0 Å². The molecule has 2 aliphatic heterocycles. The molecule has 1 aromatic heterocycles. The molecule has 0 spiro atoms. The summed E-state index contributed by atoms with van der Waals surface area (Å²) in [6.07, 6.45) is 7.14. The summed E-state index contributed by atoms with van der Waals surface area (Å²) in [6.45, 7) is 1.14. The lowest BCUT2D eigenvalue weighted by molar-refractivity contribution is -0.134. The number of hydrogen-bond acceptors (Lipinski definition) is 5. The first-order valence-electron chi connectivity index (χ1n) is 11.2. The van der Waals surface area contributed by atoms with E-state index in [-0.39, 0.29) is 30.0 Å². The molecule has 30 heavy (non-hydrogen) atoms.